The van der Waals surface area contributed by atoms with Crippen LogP contribution in [0.15, 0.2) is 132 Å². The first-order valence-electron chi connectivity index (χ1n) is 24.6. The van der Waals surface area contributed by atoms with E-state index in [1.807, 2.05) is 130 Å². The molecule has 1 unspecified atom stereocenters. The summed E-state index contributed by atoms with van der Waals surface area (Å²) in [5, 5.41) is 16.8. The van der Waals surface area contributed by atoms with Gasteiger partial charge >= 0.3 is 6.36 Å². The maximum Gasteiger partial charge on any atom is 0.573 e. The molecule has 1 aliphatic heterocycles. The Balaban J connectivity index is 1.27. The largest absolute Gasteiger partial charge is 0.573 e. The smallest absolute Gasteiger partial charge is 0.507 e. The molecule has 4 aromatic carbocycles. The molecule has 0 radical (unpaired) electrons. The van der Waals surface area contributed by atoms with Gasteiger partial charge in [0.25, 0.3) is 5.88 Å². The average molecular weight is 1000 g/mol. The van der Waals surface area contributed by atoms with Gasteiger partial charge in [-0.1, -0.05) is 124 Å². The van der Waals surface area contributed by atoms with Gasteiger partial charge in [-0.15, -0.1) is 26.3 Å². The summed E-state index contributed by atoms with van der Waals surface area (Å²) >= 11 is 0. The fraction of sp³-hybridized carbons (Fsp3) is 0.386. The van der Waals surface area contributed by atoms with Crippen molar-refractivity contribution in [2.24, 2.45) is 11.8 Å². The third kappa shape index (κ3) is 9.47. The van der Waals surface area contributed by atoms with E-state index in [-0.39, 0.29) is 84.4 Å². The molecular formula is C57H62F3N3O8Si. The van der Waals surface area contributed by atoms with Crippen LogP contribution in [0.25, 0.3) is 5.76 Å². The van der Waals surface area contributed by atoms with E-state index in [0.717, 1.165) is 16.7 Å². The van der Waals surface area contributed by atoms with Crippen molar-refractivity contribution in [3.05, 3.63) is 173 Å². The summed E-state index contributed by atoms with van der Waals surface area (Å²) in [7, 11) is -3.16. The van der Waals surface area contributed by atoms with E-state index in [4.69, 9.17) is 23.2 Å². The maximum atomic E-state index is 16.4. The van der Waals surface area contributed by atoms with Crippen molar-refractivity contribution in [1.82, 2.24) is 15.0 Å². The molecule has 1 saturated heterocycles. The van der Waals surface area contributed by atoms with Crippen molar-refractivity contribution >= 4 is 25.6 Å². The topological polar surface area (TPSA) is 124 Å². The zero-order valence-electron chi connectivity index (χ0n) is 41.5. The Labute approximate surface area is 420 Å². The number of hydrogen-bond donors (Lipinski definition) is 1. The summed E-state index contributed by atoms with van der Waals surface area (Å²) in [6.07, 6.45) is -0.661. The van der Waals surface area contributed by atoms with Crippen LogP contribution in [0, 0.1) is 11.8 Å². The molecule has 3 aliphatic carbocycles. The second-order valence-corrected chi connectivity index (χ2v) is 25.5. The van der Waals surface area contributed by atoms with E-state index in [1.54, 1.807) is 12.2 Å². The van der Waals surface area contributed by atoms with E-state index in [1.165, 1.54) is 6.07 Å². The quantitative estimate of drug-likeness (QED) is 0.0544. The summed E-state index contributed by atoms with van der Waals surface area (Å²) in [4.78, 5) is 36.6. The molecule has 2 heterocycles. The van der Waals surface area contributed by atoms with Gasteiger partial charge in [-0.05, 0) is 84.2 Å². The second kappa shape index (κ2) is 20.0. The number of rotatable bonds is 17. The first-order valence-corrected chi connectivity index (χ1v) is 27.5. The van der Waals surface area contributed by atoms with Crippen LogP contribution in [0.1, 0.15) is 102 Å². The summed E-state index contributed by atoms with van der Waals surface area (Å²) in [5.74, 6) is -4.36. The van der Waals surface area contributed by atoms with Gasteiger partial charge in [-0.25, -0.2) is 0 Å². The fourth-order valence-electron chi connectivity index (χ4n) is 11.0. The molecule has 11 nitrogen and oxygen atoms in total. The number of alkyl halides is 3. The van der Waals surface area contributed by atoms with Crippen molar-refractivity contribution in [2.45, 2.75) is 108 Å². The number of ketones is 2. The van der Waals surface area contributed by atoms with Crippen molar-refractivity contribution < 1.29 is 51.0 Å². The molecule has 2 fully saturated rings. The van der Waals surface area contributed by atoms with Gasteiger partial charge in [0.15, 0.2) is 19.7 Å². The number of Topliss-reactive ketones (excluding diaryl/α,β-unsaturated/α-hetero) is 2. The van der Waals surface area contributed by atoms with Crippen molar-refractivity contribution in [2.75, 3.05) is 19.6 Å². The lowest BCUT2D eigenvalue weighted by Crippen LogP contribution is -2.68. The van der Waals surface area contributed by atoms with Crippen LogP contribution < -0.4 is 14.2 Å². The summed E-state index contributed by atoms with van der Waals surface area (Å²) in [6, 6.07) is 28.5. The van der Waals surface area contributed by atoms with Crippen LogP contribution in [0.4, 0.5) is 13.2 Å². The van der Waals surface area contributed by atoms with Gasteiger partial charge in [-0.2, -0.15) is 0 Å². The molecule has 5 aromatic rings. The molecule has 1 N–H and O–H groups in total. The van der Waals surface area contributed by atoms with E-state index in [2.05, 4.69) is 23.2 Å². The minimum Gasteiger partial charge on any atom is -0.507 e. The van der Waals surface area contributed by atoms with Crippen LogP contribution in [-0.2, 0) is 35.4 Å². The van der Waals surface area contributed by atoms with Gasteiger partial charge in [0.1, 0.15) is 36.0 Å². The highest BCUT2D eigenvalue weighted by molar-refractivity contribution is 6.74. The molecule has 9 rings (SSSR count). The molecule has 378 valence electrons. The number of halogens is 3. The first kappa shape index (κ1) is 50.7. The van der Waals surface area contributed by atoms with Gasteiger partial charge in [-0.3, -0.25) is 19.4 Å². The zero-order valence-corrected chi connectivity index (χ0v) is 42.5. The van der Waals surface area contributed by atoms with Crippen LogP contribution in [0.2, 0.25) is 18.1 Å². The van der Waals surface area contributed by atoms with Crippen LogP contribution in [0.5, 0.6) is 17.4 Å². The van der Waals surface area contributed by atoms with Gasteiger partial charge in [0.2, 0.25) is 11.6 Å². The number of carbonyl (C=O) groups is 2. The first-order chi connectivity index (χ1) is 34.4. The molecular weight excluding hydrogens is 940 g/mol. The van der Waals surface area contributed by atoms with Gasteiger partial charge in [0.05, 0.1) is 11.6 Å². The Morgan fingerprint density at radius 2 is 1.47 bits per heavy atom. The van der Waals surface area contributed by atoms with Crippen molar-refractivity contribution in [1.29, 1.82) is 0 Å². The summed E-state index contributed by atoms with van der Waals surface area (Å²) in [6.45, 7) is 19.6. The number of hydrogen-bond acceptors (Lipinski definition) is 11. The number of aliphatic hydroxyl groups excluding tert-OH is 1. The number of ether oxygens (including phenoxy) is 3. The third-order valence-corrected chi connectivity index (χ3v) is 19.7. The normalized spacial score (nSPS) is 22.2. The predicted octanol–water partition coefficient (Wildman–Crippen LogP) is 12.5. The number of likely N-dealkylation sites (tertiary alicyclic amines) is 1. The molecule has 0 spiro atoms. The lowest BCUT2D eigenvalue weighted by Gasteiger charge is -2.55. The van der Waals surface area contributed by atoms with Gasteiger partial charge in [0, 0.05) is 48.3 Å². The number of carbonyl (C=O) groups excluding carboxylic acids is 2. The molecule has 15 heteroatoms. The van der Waals surface area contributed by atoms with Crippen LogP contribution >= 0.6 is 0 Å². The number of benzene rings is 4. The molecule has 72 heavy (non-hydrogen) atoms. The Bertz CT molecular complexity index is 2850. The molecule has 1 aromatic heterocycles. The van der Waals surface area contributed by atoms with E-state index in [0.29, 0.717) is 25.9 Å². The Morgan fingerprint density at radius 3 is 2.06 bits per heavy atom. The minimum atomic E-state index is -5.13. The zero-order chi connectivity index (χ0) is 51.2. The Hall–Kier alpha value is -6.26. The molecule has 5 atom stereocenters. The van der Waals surface area contributed by atoms with Crippen molar-refractivity contribution in [3.8, 4) is 17.4 Å². The highest BCUT2D eigenvalue weighted by Gasteiger charge is 2.69. The fourth-order valence-corrected chi connectivity index (χ4v) is 12.4. The summed E-state index contributed by atoms with van der Waals surface area (Å²) < 4.78 is 76.7. The van der Waals surface area contributed by atoms with Gasteiger partial charge < -0.3 is 28.3 Å². The number of aliphatic hydroxyl groups is 1. The SMILES string of the molecule is C=CCN(CC=C)[C@@H]1c2onc(OCc3ccccc3)c2C(=O)[C@@]2(O[Si](C)(C)C(C)(C)C)C(=O)C3=C(O)c4c(OCc5ccccc5)cc(C5CCCN5Cc5ccccc5)c(OC(F)(F)F)c4C[C@H]3C[C@@H]12. The maximum absolute atomic E-state index is 16.4. The lowest BCUT2D eigenvalue weighted by atomic mass is 9.57. The van der Waals surface area contributed by atoms with E-state index >= 15 is 22.8 Å². The summed E-state index contributed by atoms with van der Waals surface area (Å²) in [5.41, 5.74) is 0.321. The van der Waals surface area contributed by atoms with E-state index in [9.17, 15) is 5.11 Å². The molecule has 1 saturated carbocycles. The monoisotopic (exact) mass is 1000 g/mol. The number of aromatic nitrogens is 1. The Morgan fingerprint density at radius 1 is 0.875 bits per heavy atom. The molecule has 0 amide bonds. The lowest BCUT2D eigenvalue weighted by molar-refractivity contribution is -0.275. The highest BCUT2D eigenvalue weighted by atomic mass is 28.4. The molecule has 4 aliphatic rings. The van der Waals surface area contributed by atoms with Crippen molar-refractivity contribution in [3.63, 3.8) is 0 Å². The average Bonchev–Trinajstić information content (AvgIpc) is 3.99. The van der Waals surface area contributed by atoms with E-state index < -0.39 is 72.3 Å². The standard InChI is InChI=1S/C57H62F3N3O8Si/c1-8-27-62(28-9-2)48-42-31-39-30-41-46(44(67-34-37-22-15-11-16-23-37)32-40(50(41)69-57(58,59)60)43-26-19-29-63(43)33-36-20-13-10-14-21-36)49(64)45(39)52(65)56(42,71-72(6,7)55(3,4)5)53(66)47-51(48)70-61-54(47)68-35-38-24-17-12-18-25-38/h8-18,20-25,32,39,42-43,48,64H,1-2,19,26-31,33-35H2,3-7H3/t39-,42-,43?,48-,56-/m0/s1. The second-order valence-electron chi connectivity index (χ2n) is 20.8. The molecule has 0 bridgehead atoms. The third-order valence-electron chi connectivity index (χ3n) is 15.2. The van der Waals surface area contributed by atoms with Crippen LogP contribution in [0.3, 0.4) is 0 Å². The minimum absolute atomic E-state index is 0.000185. The Kier molecular flexibility index (Phi) is 14.1. The highest BCUT2D eigenvalue weighted by Crippen LogP contribution is 2.61. The number of nitrogens with zero attached hydrogens (tertiary/aromatic N) is 3. The van der Waals surface area contributed by atoms with Crippen LogP contribution in [-0.4, -0.2) is 71.5 Å². The predicted molar refractivity (Wildman–Crippen MR) is 270 cm³/mol. The number of fused-ring (bicyclic) bond motifs is 4.